The molecule has 2 nitrogen and oxygen atoms in total. The Morgan fingerprint density at radius 1 is 1.08 bits per heavy atom. The van der Waals surface area contributed by atoms with Crippen LogP contribution in [0.5, 0.6) is 0 Å². The second-order valence-corrected chi connectivity index (χ2v) is 5.01. The van der Waals surface area contributed by atoms with Gasteiger partial charge in [0.1, 0.15) is 0 Å². The first kappa shape index (κ1) is 10.0. The third-order valence-electron chi connectivity index (χ3n) is 2.90. The van der Waals surface area contributed by atoms with Crippen molar-refractivity contribution in [1.82, 2.24) is 0 Å². The van der Waals surface area contributed by atoms with Crippen molar-refractivity contribution in [3.63, 3.8) is 0 Å². The smallest absolute Gasteiger partial charge is 0.0575 e. The SMILES string of the molecule is CC(C)(C)C1CC(O)CCC1O. The molecular formula is C10H20O2. The Kier molecular flexibility index (Phi) is 2.79. The van der Waals surface area contributed by atoms with Gasteiger partial charge < -0.3 is 10.2 Å². The molecule has 0 heterocycles. The standard InChI is InChI=1S/C10H20O2/c1-10(2,3)8-6-7(11)4-5-9(8)12/h7-9,11-12H,4-6H2,1-3H3. The maximum Gasteiger partial charge on any atom is 0.0575 e. The van der Waals surface area contributed by atoms with Crippen LogP contribution < -0.4 is 0 Å². The van der Waals surface area contributed by atoms with Crippen molar-refractivity contribution >= 4 is 0 Å². The molecule has 0 spiro atoms. The van der Waals surface area contributed by atoms with Gasteiger partial charge in [-0.3, -0.25) is 0 Å². The zero-order valence-corrected chi connectivity index (χ0v) is 8.25. The molecule has 2 N–H and O–H groups in total. The number of rotatable bonds is 0. The van der Waals surface area contributed by atoms with E-state index < -0.39 is 0 Å². The van der Waals surface area contributed by atoms with E-state index in [0.29, 0.717) is 0 Å². The minimum Gasteiger partial charge on any atom is -0.393 e. The van der Waals surface area contributed by atoms with E-state index in [1.165, 1.54) is 0 Å². The summed E-state index contributed by atoms with van der Waals surface area (Å²) in [5, 5.41) is 19.2. The molecule has 0 aliphatic heterocycles. The van der Waals surface area contributed by atoms with Crippen LogP contribution in [0.2, 0.25) is 0 Å². The average molecular weight is 172 g/mol. The van der Waals surface area contributed by atoms with Crippen LogP contribution in [0.15, 0.2) is 0 Å². The fraction of sp³-hybridized carbons (Fsp3) is 1.00. The fourth-order valence-corrected chi connectivity index (χ4v) is 2.06. The van der Waals surface area contributed by atoms with Gasteiger partial charge in [0.05, 0.1) is 12.2 Å². The van der Waals surface area contributed by atoms with E-state index in [1.54, 1.807) is 0 Å². The number of hydrogen-bond donors (Lipinski definition) is 2. The summed E-state index contributed by atoms with van der Waals surface area (Å²) in [5.74, 6) is 0.251. The first-order chi connectivity index (χ1) is 5.41. The van der Waals surface area contributed by atoms with Crippen molar-refractivity contribution in [3.8, 4) is 0 Å². The summed E-state index contributed by atoms with van der Waals surface area (Å²) >= 11 is 0. The Balaban J connectivity index is 2.61. The summed E-state index contributed by atoms with van der Waals surface area (Å²) < 4.78 is 0. The highest BCUT2D eigenvalue weighted by molar-refractivity contribution is 4.86. The summed E-state index contributed by atoms with van der Waals surface area (Å²) in [5.41, 5.74) is 0.112. The van der Waals surface area contributed by atoms with Crippen molar-refractivity contribution in [2.75, 3.05) is 0 Å². The van der Waals surface area contributed by atoms with Gasteiger partial charge in [-0.15, -0.1) is 0 Å². The molecule has 0 aromatic heterocycles. The first-order valence-electron chi connectivity index (χ1n) is 4.77. The lowest BCUT2D eigenvalue weighted by atomic mass is 9.70. The summed E-state index contributed by atoms with van der Waals surface area (Å²) in [6.45, 7) is 6.37. The number of aliphatic hydroxyl groups excluding tert-OH is 2. The minimum absolute atomic E-state index is 0.112. The van der Waals surface area contributed by atoms with Crippen molar-refractivity contribution in [2.45, 2.75) is 52.2 Å². The summed E-state index contributed by atoms with van der Waals surface area (Å²) in [6, 6.07) is 0. The van der Waals surface area contributed by atoms with Gasteiger partial charge in [-0.2, -0.15) is 0 Å². The average Bonchev–Trinajstić information content (AvgIpc) is 1.92. The molecule has 72 valence electrons. The molecule has 12 heavy (non-hydrogen) atoms. The summed E-state index contributed by atoms with van der Waals surface area (Å²) in [6.07, 6.45) is 1.85. The van der Waals surface area contributed by atoms with Crippen LogP contribution in [0.4, 0.5) is 0 Å². The molecule has 3 atom stereocenters. The van der Waals surface area contributed by atoms with E-state index in [-0.39, 0.29) is 23.5 Å². The van der Waals surface area contributed by atoms with E-state index in [9.17, 15) is 10.2 Å². The van der Waals surface area contributed by atoms with Gasteiger partial charge in [-0.1, -0.05) is 20.8 Å². The lowest BCUT2D eigenvalue weighted by molar-refractivity contribution is -0.0367. The number of aliphatic hydroxyl groups is 2. The maximum absolute atomic E-state index is 9.71. The van der Waals surface area contributed by atoms with E-state index in [2.05, 4.69) is 20.8 Å². The predicted molar refractivity (Wildman–Crippen MR) is 48.8 cm³/mol. The molecule has 0 bridgehead atoms. The van der Waals surface area contributed by atoms with Crippen LogP contribution in [-0.4, -0.2) is 22.4 Å². The molecule has 0 aromatic rings. The van der Waals surface area contributed by atoms with Gasteiger partial charge >= 0.3 is 0 Å². The van der Waals surface area contributed by atoms with Crippen molar-refractivity contribution in [2.24, 2.45) is 11.3 Å². The number of hydrogen-bond acceptors (Lipinski definition) is 2. The van der Waals surface area contributed by atoms with Gasteiger partial charge in [0.2, 0.25) is 0 Å². The molecule has 3 unspecified atom stereocenters. The van der Waals surface area contributed by atoms with Crippen LogP contribution >= 0.6 is 0 Å². The highest BCUT2D eigenvalue weighted by Gasteiger charge is 2.35. The molecule has 0 amide bonds. The Labute approximate surface area is 74.6 Å². The van der Waals surface area contributed by atoms with E-state index >= 15 is 0 Å². The van der Waals surface area contributed by atoms with Gasteiger partial charge in [0.25, 0.3) is 0 Å². The van der Waals surface area contributed by atoms with Gasteiger partial charge in [0.15, 0.2) is 0 Å². The van der Waals surface area contributed by atoms with Crippen molar-refractivity contribution < 1.29 is 10.2 Å². The second-order valence-electron chi connectivity index (χ2n) is 5.01. The molecule has 2 heteroatoms. The highest BCUT2D eigenvalue weighted by Crippen LogP contribution is 2.37. The Morgan fingerprint density at radius 3 is 2.08 bits per heavy atom. The van der Waals surface area contributed by atoms with E-state index in [4.69, 9.17) is 0 Å². The Bertz CT molecular complexity index is 148. The predicted octanol–water partition coefficient (Wildman–Crippen LogP) is 1.55. The zero-order valence-electron chi connectivity index (χ0n) is 8.25. The third-order valence-corrected chi connectivity index (χ3v) is 2.90. The second kappa shape index (κ2) is 3.35. The monoisotopic (exact) mass is 172 g/mol. The minimum atomic E-state index is -0.214. The molecule has 0 aromatic carbocycles. The van der Waals surface area contributed by atoms with Crippen molar-refractivity contribution in [3.05, 3.63) is 0 Å². The highest BCUT2D eigenvalue weighted by atomic mass is 16.3. The van der Waals surface area contributed by atoms with Crippen LogP contribution in [-0.2, 0) is 0 Å². The molecule has 0 radical (unpaired) electrons. The molecule has 1 aliphatic rings. The van der Waals surface area contributed by atoms with Crippen molar-refractivity contribution in [1.29, 1.82) is 0 Å². The molecule has 0 saturated heterocycles. The van der Waals surface area contributed by atoms with Gasteiger partial charge in [-0.05, 0) is 30.6 Å². The molecule has 1 fully saturated rings. The zero-order chi connectivity index (χ0) is 9.35. The summed E-state index contributed by atoms with van der Waals surface area (Å²) in [4.78, 5) is 0. The van der Waals surface area contributed by atoms with Crippen LogP contribution in [0.1, 0.15) is 40.0 Å². The third kappa shape index (κ3) is 2.20. The Morgan fingerprint density at radius 2 is 1.67 bits per heavy atom. The van der Waals surface area contributed by atoms with Crippen LogP contribution in [0.25, 0.3) is 0 Å². The lowest BCUT2D eigenvalue weighted by Gasteiger charge is -2.39. The van der Waals surface area contributed by atoms with Crippen LogP contribution in [0.3, 0.4) is 0 Å². The quantitative estimate of drug-likeness (QED) is 0.582. The largest absolute Gasteiger partial charge is 0.393 e. The molecule has 1 aliphatic carbocycles. The summed E-state index contributed by atoms with van der Waals surface area (Å²) in [7, 11) is 0. The molecule has 1 rings (SSSR count). The first-order valence-corrected chi connectivity index (χ1v) is 4.77. The lowest BCUT2D eigenvalue weighted by Crippen LogP contribution is -2.39. The van der Waals surface area contributed by atoms with Gasteiger partial charge in [-0.25, -0.2) is 0 Å². The Hall–Kier alpha value is -0.0800. The van der Waals surface area contributed by atoms with E-state index in [0.717, 1.165) is 19.3 Å². The van der Waals surface area contributed by atoms with Gasteiger partial charge in [0, 0.05) is 0 Å². The molecule has 1 saturated carbocycles. The van der Waals surface area contributed by atoms with E-state index in [1.807, 2.05) is 0 Å². The topological polar surface area (TPSA) is 40.5 Å². The molecular weight excluding hydrogens is 152 g/mol. The fourth-order valence-electron chi connectivity index (χ4n) is 2.06. The van der Waals surface area contributed by atoms with Crippen LogP contribution in [0, 0.1) is 11.3 Å². The maximum atomic E-state index is 9.71. The normalized spacial score (nSPS) is 38.2.